The minimum atomic E-state index is -0.700. The second kappa shape index (κ2) is 5.54. The lowest BCUT2D eigenvalue weighted by molar-refractivity contribution is -0.385. The maximum absolute atomic E-state index is 13.2. The van der Waals surface area contributed by atoms with Gasteiger partial charge in [0.1, 0.15) is 11.4 Å². The number of carbonyl (C=O) groups is 1. The summed E-state index contributed by atoms with van der Waals surface area (Å²) in [5, 5.41) is 20.4. The molecule has 1 aliphatic rings. The molecule has 1 amide bonds. The number of rotatable bonds is 3. The Bertz CT molecular complexity index is 547. The summed E-state index contributed by atoms with van der Waals surface area (Å²) < 4.78 is 13.2. The van der Waals surface area contributed by atoms with Crippen molar-refractivity contribution in [2.24, 2.45) is 5.92 Å². The lowest BCUT2D eigenvalue weighted by Gasteiger charge is -2.17. The van der Waals surface area contributed by atoms with E-state index in [0.29, 0.717) is 19.5 Å². The average molecular weight is 282 g/mol. The molecule has 0 aliphatic carbocycles. The van der Waals surface area contributed by atoms with Crippen LogP contribution in [0.2, 0.25) is 0 Å². The van der Waals surface area contributed by atoms with E-state index in [2.05, 4.69) is 0 Å². The number of nitro benzene ring substituents is 1. The van der Waals surface area contributed by atoms with Gasteiger partial charge >= 0.3 is 0 Å². The molecule has 7 heteroatoms. The number of aliphatic hydroxyl groups excluding tert-OH is 1. The SMILES string of the molecule is CC(O)C1CCN(C(=O)c2cc(F)ccc2[N+](=O)[O-])C1. The third-order valence-corrected chi connectivity index (χ3v) is 3.58. The van der Waals surface area contributed by atoms with Crippen LogP contribution in [0.4, 0.5) is 10.1 Å². The fraction of sp³-hybridized carbons (Fsp3) is 0.462. The number of carbonyl (C=O) groups excluding carboxylic acids is 1. The lowest BCUT2D eigenvalue weighted by atomic mass is 10.0. The van der Waals surface area contributed by atoms with Crippen molar-refractivity contribution in [2.75, 3.05) is 13.1 Å². The van der Waals surface area contributed by atoms with Gasteiger partial charge in [-0.2, -0.15) is 0 Å². The summed E-state index contributed by atoms with van der Waals surface area (Å²) in [7, 11) is 0. The highest BCUT2D eigenvalue weighted by Gasteiger charge is 2.32. The molecule has 1 aliphatic heterocycles. The molecule has 2 atom stereocenters. The van der Waals surface area contributed by atoms with Crippen LogP contribution in [0.1, 0.15) is 23.7 Å². The predicted molar refractivity (Wildman–Crippen MR) is 68.7 cm³/mol. The van der Waals surface area contributed by atoms with Crippen molar-refractivity contribution in [3.8, 4) is 0 Å². The van der Waals surface area contributed by atoms with Crippen molar-refractivity contribution in [3.63, 3.8) is 0 Å². The highest BCUT2D eigenvalue weighted by molar-refractivity contribution is 5.98. The monoisotopic (exact) mass is 282 g/mol. The van der Waals surface area contributed by atoms with E-state index in [-0.39, 0.29) is 11.5 Å². The van der Waals surface area contributed by atoms with E-state index in [1.807, 2.05) is 0 Å². The van der Waals surface area contributed by atoms with Crippen molar-refractivity contribution in [1.82, 2.24) is 4.90 Å². The van der Waals surface area contributed by atoms with Crippen molar-refractivity contribution in [2.45, 2.75) is 19.4 Å². The van der Waals surface area contributed by atoms with Crippen molar-refractivity contribution in [1.29, 1.82) is 0 Å². The summed E-state index contributed by atoms with van der Waals surface area (Å²) >= 11 is 0. The molecule has 2 unspecified atom stereocenters. The molecule has 1 fully saturated rings. The quantitative estimate of drug-likeness (QED) is 0.674. The van der Waals surface area contributed by atoms with Crippen LogP contribution in [-0.4, -0.2) is 40.0 Å². The molecule has 6 nitrogen and oxygen atoms in total. The van der Waals surface area contributed by atoms with Gasteiger partial charge in [0.2, 0.25) is 0 Å². The van der Waals surface area contributed by atoms with Gasteiger partial charge in [-0.25, -0.2) is 4.39 Å². The second-order valence-electron chi connectivity index (χ2n) is 4.96. The molecule has 1 saturated heterocycles. The smallest absolute Gasteiger partial charge is 0.282 e. The minimum absolute atomic E-state index is 0.0495. The first-order chi connectivity index (χ1) is 9.40. The highest BCUT2D eigenvalue weighted by Crippen LogP contribution is 2.26. The van der Waals surface area contributed by atoms with Gasteiger partial charge in [-0.15, -0.1) is 0 Å². The number of halogens is 1. The summed E-state index contributed by atoms with van der Waals surface area (Å²) in [5.74, 6) is -1.31. The first kappa shape index (κ1) is 14.4. The zero-order valence-corrected chi connectivity index (χ0v) is 11.0. The Kier molecular flexibility index (Phi) is 3.99. The maximum Gasteiger partial charge on any atom is 0.282 e. The zero-order chi connectivity index (χ0) is 14.9. The van der Waals surface area contributed by atoms with E-state index in [9.17, 15) is 24.4 Å². The van der Waals surface area contributed by atoms with Gasteiger partial charge in [0.25, 0.3) is 11.6 Å². The van der Waals surface area contributed by atoms with Crippen LogP contribution < -0.4 is 0 Å². The Morgan fingerprint density at radius 3 is 2.85 bits per heavy atom. The van der Waals surface area contributed by atoms with E-state index in [1.165, 1.54) is 4.90 Å². The van der Waals surface area contributed by atoms with Gasteiger partial charge in [-0.3, -0.25) is 14.9 Å². The van der Waals surface area contributed by atoms with E-state index >= 15 is 0 Å². The molecule has 0 bridgehead atoms. The Morgan fingerprint density at radius 2 is 2.30 bits per heavy atom. The van der Waals surface area contributed by atoms with Gasteiger partial charge in [0.05, 0.1) is 11.0 Å². The molecule has 0 aromatic heterocycles. The molecule has 0 spiro atoms. The summed E-state index contributed by atoms with van der Waals surface area (Å²) in [6.45, 7) is 2.37. The number of likely N-dealkylation sites (tertiary alicyclic amines) is 1. The average Bonchev–Trinajstić information content (AvgIpc) is 2.87. The highest BCUT2D eigenvalue weighted by atomic mass is 19.1. The number of benzene rings is 1. The predicted octanol–water partition coefficient (Wildman–Crippen LogP) is 1.58. The summed E-state index contributed by atoms with van der Waals surface area (Å²) in [6, 6.07) is 2.83. The van der Waals surface area contributed by atoms with Gasteiger partial charge in [-0.05, 0) is 25.5 Å². The molecule has 108 valence electrons. The largest absolute Gasteiger partial charge is 0.393 e. The van der Waals surface area contributed by atoms with Crippen LogP contribution in [0.3, 0.4) is 0 Å². The summed E-state index contributed by atoms with van der Waals surface area (Å²) in [5.41, 5.74) is -0.655. The third kappa shape index (κ3) is 2.77. The molecule has 1 heterocycles. The molecule has 20 heavy (non-hydrogen) atoms. The van der Waals surface area contributed by atoms with Gasteiger partial charge in [0, 0.05) is 25.1 Å². The Hall–Kier alpha value is -2.02. The standard InChI is InChI=1S/C13H15FN2O4/c1-8(17)9-4-5-15(7-9)13(18)11-6-10(14)2-3-12(11)16(19)20/h2-3,6,8-9,17H,4-5,7H2,1H3. The fourth-order valence-corrected chi connectivity index (χ4v) is 2.37. The fourth-order valence-electron chi connectivity index (χ4n) is 2.37. The topological polar surface area (TPSA) is 83.7 Å². The number of nitrogens with zero attached hydrogens (tertiary/aromatic N) is 2. The maximum atomic E-state index is 13.2. The van der Waals surface area contributed by atoms with Crippen LogP contribution in [0, 0.1) is 21.8 Å². The van der Waals surface area contributed by atoms with Gasteiger partial charge < -0.3 is 10.0 Å². The van der Waals surface area contributed by atoms with E-state index in [4.69, 9.17) is 0 Å². The number of amides is 1. The number of nitro groups is 1. The first-order valence-corrected chi connectivity index (χ1v) is 6.31. The van der Waals surface area contributed by atoms with E-state index in [1.54, 1.807) is 6.92 Å². The van der Waals surface area contributed by atoms with Crippen molar-refractivity contribution in [3.05, 3.63) is 39.7 Å². The van der Waals surface area contributed by atoms with E-state index < -0.39 is 28.4 Å². The third-order valence-electron chi connectivity index (χ3n) is 3.58. The molecule has 1 aromatic rings. The molecular weight excluding hydrogens is 267 g/mol. The zero-order valence-electron chi connectivity index (χ0n) is 11.0. The van der Waals surface area contributed by atoms with Crippen LogP contribution in [0.15, 0.2) is 18.2 Å². The molecule has 1 N–H and O–H groups in total. The molecule has 0 radical (unpaired) electrons. The number of hydrogen-bond acceptors (Lipinski definition) is 4. The van der Waals surface area contributed by atoms with Crippen LogP contribution in [-0.2, 0) is 0 Å². The molecule has 1 aromatic carbocycles. The van der Waals surface area contributed by atoms with Crippen molar-refractivity contribution < 1.29 is 19.2 Å². The summed E-state index contributed by atoms with van der Waals surface area (Å²) in [6.07, 6.45) is 0.0854. The van der Waals surface area contributed by atoms with Crippen molar-refractivity contribution >= 4 is 11.6 Å². The second-order valence-corrected chi connectivity index (χ2v) is 4.96. The van der Waals surface area contributed by atoms with Crippen LogP contribution in [0.5, 0.6) is 0 Å². The Balaban J connectivity index is 2.26. The van der Waals surface area contributed by atoms with Crippen LogP contribution >= 0.6 is 0 Å². The molecular formula is C13H15FN2O4. The minimum Gasteiger partial charge on any atom is -0.393 e. The van der Waals surface area contributed by atoms with Crippen LogP contribution in [0.25, 0.3) is 0 Å². The van der Waals surface area contributed by atoms with Gasteiger partial charge in [-0.1, -0.05) is 0 Å². The number of aliphatic hydroxyl groups is 1. The normalized spacial score (nSPS) is 19.9. The first-order valence-electron chi connectivity index (χ1n) is 6.31. The Labute approximate surface area is 115 Å². The van der Waals surface area contributed by atoms with Gasteiger partial charge in [0.15, 0.2) is 0 Å². The Morgan fingerprint density at radius 1 is 1.60 bits per heavy atom. The summed E-state index contributed by atoms with van der Waals surface area (Å²) in [4.78, 5) is 23.9. The molecule has 0 saturated carbocycles. The lowest BCUT2D eigenvalue weighted by Crippen LogP contribution is -2.31. The number of hydrogen-bond donors (Lipinski definition) is 1. The molecule has 2 rings (SSSR count). The van der Waals surface area contributed by atoms with E-state index in [0.717, 1.165) is 18.2 Å².